The highest BCUT2D eigenvalue weighted by Crippen LogP contribution is 2.28. The van der Waals surface area contributed by atoms with Gasteiger partial charge in [-0.1, -0.05) is 0 Å². The molecule has 6 heteroatoms. The summed E-state index contributed by atoms with van der Waals surface area (Å²) in [5.41, 5.74) is 0.731. The number of rotatable bonds is 4. The average molecular weight is 241 g/mol. The first-order valence-electron chi connectivity index (χ1n) is 4.55. The number of hydrogen-bond donors (Lipinski definition) is 1. The zero-order valence-corrected chi connectivity index (χ0v) is 9.65. The Morgan fingerprint density at radius 1 is 1.50 bits per heavy atom. The maximum atomic E-state index is 10.7. The van der Waals surface area contributed by atoms with Crippen molar-refractivity contribution in [3.8, 4) is 0 Å². The second-order valence-corrected chi connectivity index (χ2v) is 4.77. The highest BCUT2D eigenvalue weighted by Gasteiger charge is 2.15. The van der Waals surface area contributed by atoms with Gasteiger partial charge in [0.05, 0.1) is 4.92 Å². The molecule has 1 rings (SSSR count). The van der Waals surface area contributed by atoms with Crippen LogP contribution in [0, 0.1) is 17.0 Å². The van der Waals surface area contributed by atoms with E-state index in [0.717, 1.165) is 17.3 Å². The Balaban J connectivity index is 2.97. The number of carboxylic acids is 1. The zero-order chi connectivity index (χ0) is 12.3. The van der Waals surface area contributed by atoms with Gasteiger partial charge in [0.15, 0.2) is 0 Å². The van der Waals surface area contributed by atoms with E-state index in [1.807, 2.05) is 0 Å². The molecule has 0 aliphatic rings. The molecule has 0 fully saturated rings. The SMILES string of the molecule is Cc1cc(SC(C)C(=O)O)cc([N+](=O)[O-])c1. The van der Waals surface area contributed by atoms with Crippen LogP contribution in [0.1, 0.15) is 12.5 Å². The number of benzene rings is 1. The van der Waals surface area contributed by atoms with Gasteiger partial charge in [0.1, 0.15) is 5.25 Å². The van der Waals surface area contributed by atoms with Gasteiger partial charge in [-0.05, 0) is 25.5 Å². The fourth-order valence-corrected chi connectivity index (χ4v) is 2.11. The van der Waals surface area contributed by atoms with Crippen molar-refractivity contribution in [3.05, 3.63) is 33.9 Å². The van der Waals surface area contributed by atoms with E-state index in [1.165, 1.54) is 12.1 Å². The molecule has 0 spiro atoms. The molecule has 0 aromatic heterocycles. The number of hydrogen-bond acceptors (Lipinski definition) is 4. The van der Waals surface area contributed by atoms with Crippen molar-refractivity contribution in [2.75, 3.05) is 0 Å². The van der Waals surface area contributed by atoms with Gasteiger partial charge in [-0.25, -0.2) is 0 Å². The van der Waals surface area contributed by atoms with E-state index >= 15 is 0 Å². The van der Waals surface area contributed by atoms with E-state index in [2.05, 4.69) is 0 Å². The van der Waals surface area contributed by atoms with E-state index in [0.29, 0.717) is 4.90 Å². The number of nitro groups is 1. The minimum atomic E-state index is -0.936. The number of thioether (sulfide) groups is 1. The second kappa shape index (κ2) is 4.98. The average Bonchev–Trinajstić information content (AvgIpc) is 2.16. The third-order valence-corrected chi connectivity index (χ3v) is 2.97. The van der Waals surface area contributed by atoms with E-state index < -0.39 is 16.1 Å². The third kappa shape index (κ3) is 3.23. The fourth-order valence-electron chi connectivity index (χ4n) is 1.16. The Labute approximate surface area is 96.6 Å². The highest BCUT2D eigenvalue weighted by atomic mass is 32.2. The van der Waals surface area contributed by atoms with E-state index in [9.17, 15) is 14.9 Å². The number of aliphatic carboxylic acids is 1. The lowest BCUT2D eigenvalue weighted by Crippen LogP contribution is -2.11. The topological polar surface area (TPSA) is 80.4 Å². The number of nitrogens with zero attached hydrogens (tertiary/aromatic N) is 1. The summed E-state index contributed by atoms with van der Waals surface area (Å²) in [6.45, 7) is 3.28. The Hall–Kier alpha value is -1.56. The number of aryl methyl sites for hydroxylation is 1. The minimum Gasteiger partial charge on any atom is -0.480 e. The molecule has 0 saturated carbocycles. The van der Waals surface area contributed by atoms with Crippen LogP contribution < -0.4 is 0 Å². The summed E-state index contributed by atoms with van der Waals surface area (Å²) in [7, 11) is 0. The molecule has 0 radical (unpaired) electrons. The summed E-state index contributed by atoms with van der Waals surface area (Å²) in [6.07, 6.45) is 0. The molecule has 1 aromatic carbocycles. The normalized spacial score (nSPS) is 12.1. The molecular weight excluding hydrogens is 230 g/mol. The summed E-state index contributed by atoms with van der Waals surface area (Å²) >= 11 is 1.09. The maximum absolute atomic E-state index is 10.7. The largest absolute Gasteiger partial charge is 0.480 e. The summed E-state index contributed by atoms with van der Waals surface area (Å²) in [4.78, 5) is 21.4. The first-order valence-corrected chi connectivity index (χ1v) is 5.43. The van der Waals surface area contributed by atoms with Gasteiger partial charge in [-0.15, -0.1) is 11.8 Å². The molecule has 0 saturated heterocycles. The molecule has 1 N–H and O–H groups in total. The zero-order valence-electron chi connectivity index (χ0n) is 8.84. The predicted octanol–water partition coefficient (Wildman–Crippen LogP) is 2.47. The van der Waals surface area contributed by atoms with E-state index in [1.54, 1.807) is 19.9 Å². The Kier molecular flexibility index (Phi) is 3.89. The van der Waals surface area contributed by atoms with Crippen molar-refractivity contribution in [3.63, 3.8) is 0 Å². The molecule has 0 amide bonds. The fraction of sp³-hybridized carbons (Fsp3) is 0.300. The molecule has 1 unspecified atom stereocenters. The van der Waals surface area contributed by atoms with Gasteiger partial charge in [0, 0.05) is 17.0 Å². The van der Waals surface area contributed by atoms with Gasteiger partial charge in [-0.3, -0.25) is 14.9 Å². The summed E-state index contributed by atoms with van der Waals surface area (Å²) in [5.74, 6) is -0.936. The maximum Gasteiger partial charge on any atom is 0.316 e. The van der Waals surface area contributed by atoms with Crippen LogP contribution in [0.15, 0.2) is 23.1 Å². The van der Waals surface area contributed by atoms with Crippen LogP contribution in [0.5, 0.6) is 0 Å². The van der Waals surface area contributed by atoms with Crippen LogP contribution in [-0.2, 0) is 4.79 Å². The molecule has 86 valence electrons. The minimum absolute atomic E-state index is 0.0138. The molecule has 0 aliphatic heterocycles. The number of carboxylic acid groups (broad SMARTS) is 1. The molecule has 5 nitrogen and oxygen atoms in total. The van der Waals surface area contributed by atoms with Crippen molar-refractivity contribution in [2.45, 2.75) is 24.0 Å². The smallest absolute Gasteiger partial charge is 0.316 e. The Morgan fingerprint density at radius 2 is 2.12 bits per heavy atom. The lowest BCUT2D eigenvalue weighted by molar-refractivity contribution is -0.385. The first kappa shape index (κ1) is 12.5. The summed E-state index contributed by atoms with van der Waals surface area (Å²) < 4.78 is 0. The molecule has 16 heavy (non-hydrogen) atoms. The van der Waals surface area contributed by atoms with Crippen LogP contribution in [0.4, 0.5) is 5.69 Å². The lowest BCUT2D eigenvalue weighted by Gasteiger charge is -2.06. The van der Waals surface area contributed by atoms with Gasteiger partial charge in [0.2, 0.25) is 0 Å². The van der Waals surface area contributed by atoms with Crippen LogP contribution in [0.2, 0.25) is 0 Å². The first-order chi connectivity index (χ1) is 7.40. The van der Waals surface area contributed by atoms with E-state index in [4.69, 9.17) is 5.11 Å². The summed E-state index contributed by atoms with van der Waals surface area (Å²) in [5, 5.41) is 18.7. The Bertz CT molecular complexity index is 433. The van der Waals surface area contributed by atoms with Crippen LogP contribution in [0.3, 0.4) is 0 Å². The third-order valence-electron chi connectivity index (χ3n) is 1.91. The van der Waals surface area contributed by atoms with Crippen molar-refractivity contribution < 1.29 is 14.8 Å². The molecule has 1 atom stereocenters. The van der Waals surface area contributed by atoms with Crippen molar-refractivity contribution >= 4 is 23.4 Å². The van der Waals surface area contributed by atoms with Gasteiger partial charge in [-0.2, -0.15) is 0 Å². The van der Waals surface area contributed by atoms with Gasteiger partial charge < -0.3 is 5.11 Å². The highest BCUT2D eigenvalue weighted by molar-refractivity contribution is 8.00. The van der Waals surface area contributed by atoms with Crippen molar-refractivity contribution in [2.24, 2.45) is 0 Å². The second-order valence-electron chi connectivity index (χ2n) is 3.36. The van der Waals surface area contributed by atoms with Crippen molar-refractivity contribution in [1.82, 2.24) is 0 Å². The monoisotopic (exact) mass is 241 g/mol. The van der Waals surface area contributed by atoms with Gasteiger partial charge in [0.25, 0.3) is 5.69 Å². The van der Waals surface area contributed by atoms with Crippen LogP contribution >= 0.6 is 11.8 Å². The molecule has 0 heterocycles. The van der Waals surface area contributed by atoms with Crippen LogP contribution in [-0.4, -0.2) is 21.2 Å². The van der Waals surface area contributed by atoms with Gasteiger partial charge >= 0.3 is 5.97 Å². The number of carbonyl (C=O) groups is 1. The van der Waals surface area contributed by atoms with Crippen LogP contribution in [0.25, 0.3) is 0 Å². The summed E-state index contributed by atoms with van der Waals surface area (Å²) in [6, 6.07) is 4.57. The van der Waals surface area contributed by atoms with E-state index in [-0.39, 0.29) is 5.69 Å². The molecular formula is C10H11NO4S. The number of non-ortho nitro benzene ring substituents is 1. The molecule has 1 aromatic rings. The predicted molar refractivity (Wildman–Crippen MR) is 60.8 cm³/mol. The standard InChI is InChI=1S/C10H11NO4S/c1-6-3-8(11(14)15)5-9(4-6)16-7(2)10(12)13/h3-5,7H,1-2H3,(H,12,13). The lowest BCUT2D eigenvalue weighted by atomic mass is 10.2. The molecule has 0 aliphatic carbocycles. The quantitative estimate of drug-likeness (QED) is 0.497. The Morgan fingerprint density at radius 3 is 2.62 bits per heavy atom. The van der Waals surface area contributed by atoms with Crippen molar-refractivity contribution in [1.29, 1.82) is 0 Å². The number of nitro benzene ring substituents is 1. The molecule has 0 bridgehead atoms.